The topological polar surface area (TPSA) is 24.9 Å². The van der Waals surface area contributed by atoms with Crippen molar-refractivity contribution in [2.75, 3.05) is 6.54 Å². The Kier molecular flexibility index (Phi) is 3.51. The molecule has 2 heterocycles. The third-order valence-corrected chi connectivity index (χ3v) is 4.03. The number of rotatable bonds is 4. The second-order valence-corrected chi connectivity index (χ2v) is 5.02. The van der Waals surface area contributed by atoms with Crippen LogP contribution in [0.3, 0.4) is 0 Å². The molecule has 0 saturated heterocycles. The highest BCUT2D eigenvalue weighted by Gasteiger charge is 2.17. The summed E-state index contributed by atoms with van der Waals surface area (Å²) in [4.78, 5) is 5.64. The maximum absolute atomic E-state index is 4.31. The van der Waals surface area contributed by atoms with E-state index >= 15 is 0 Å². The van der Waals surface area contributed by atoms with Crippen molar-refractivity contribution in [1.29, 1.82) is 0 Å². The molecule has 2 nitrogen and oxygen atoms in total. The minimum atomic E-state index is 0.314. The first-order valence-corrected chi connectivity index (χ1v) is 6.80. The lowest BCUT2D eigenvalue weighted by molar-refractivity contribution is 0.637. The number of aromatic nitrogens is 1. The standard InChI is InChI=1S/C11H14N2S2/c1-3-12-10(9-4-5-14-6-9)11-8(2)13-7-15-11/h4-7,10,12H,3H2,1-2H3. The van der Waals surface area contributed by atoms with Gasteiger partial charge in [0.05, 0.1) is 17.2 Å². The van der Waals surface area contributed by atoms with Crippen molar-refractivity contribution >= 4 is 22.7 Å². The number of nitrogens with one attached hydrogen (secondary N) is 1. The first-order chi connectivity index (χ1) is 7.33. The van der Waals surface area contributed by atoms with E-state index in [-0.39, 0.29) is 0 Å². The van der Waals surface area contributed by atoms with Gasteiger partial charge < -0.3 is 5.32 Å². The molecule has 1 unspecified atom stereocenters. The molecule has 15 heavy (non-hydrogen) atoms. The first-order valence-electron chi connectivity index (χ1n) is 4.98. The zero-order chi connectivity index (χ0) is 10.7. The summed E-state index contributed by atoms with van der Waals surface area (Å²) < 4.78 is 0. The molecule has 80 valence electrons. The molecule has 0 radical (unpaired) electrons. The third-order valence-electron chi connectivity index (χ3n) is 2.33. The van der Waals surface area contributed by atoms with Crippen molar-refractivity contribution in [3.05, 3.63) is 38.5 Å². The molecule has 2 aromatic rings. The molecule has 1 atom stereocenters. The average Bonchev–Trinajstić information content (AvgIpc) is 2.85. The van der Waals surface area contributed by atoms with Crippen LogP contribution in [0.2, 0.25) is 0 Å². The molecule has 0 saturated carbocycles. The van der Waals surface area contributed by atoms with Gasteiger partial charge in [-0.3, -0.25) is 0 Å². The Morgan fingerprint density at radius 1 is 1.53 bits per heavy atom. The van der Waals surface area contributed by atoms with Gasteiger partial charge in [-0.05, 0) is 35.9 Å². The van der Waals surface area contributed by atoms with E-state index in [1.165, 1.54) is 10.4 Å². The molecule has 0 fully saturated rings. The van der Waals surface area contributed by atoms with Crippen LogP contribution in [-0.4, -0.2) is 11.5 Å². The molecule has 4 heteroatoms. The van der Waals surface area contributed by atoms with Crippen LogP contribution in [0, 0.1) is 6.92 Å². The van der Waals surface area contributed by atoms with Crippen LogP contribution in [0.15, 0.2) is 22.3 Å². The van der Waals surface area contributed by atoms with E-state index in [1.807, 2.05) is 5.51 Å². The van der Waals surface area contributed by atoms with Gasteiger partial charge in [0.2, 0.25) is 0 Å². The van der Waals surface area contributed by atoms with Gasteiger partial charge >= 0.3 is 0 Å². The number of aryl methyl sites for hydroxylation is 1. The lowest BCUT2D eigenvalue weighted by Gasteiger charge is -2.15. The van der Waals surface area contributed by atoms with Gasteiger partial charge in [0.1, 0.15) is 0 Å². The van der Waals surface area contributed by atoms with Gasteiger partial charge in [0.25, 0.3) is 0 Å². The molecule has 0 aromatic carbocycles. The van der Waals surface area contributed by atoms with Gasteiger partial charge in [-0.25, -0.2) is 4.98 Å². The zero-order valence-electron chi connectivity index (χ0n) is 8.86. The van der Waals surface area contributed by atoms with Crippen molar-refractivity contribution < 1.29 is 0 Å². The summed E-state index contributed by atoms with van der Waals surface area (Å²) in [5, 5.41) is 7.83. The summed E-state index contributed by atoms with van der Waals surface area (Å²) in [6.07, 6.45) is 0. The fourth-order valence-corrected chi connectivity index (χ4v) is 3.18. The van der Waals surface area contributed by atoms with E-state index < -0.39 is 0 Å². The van der Waals surface area contributed by atoms with Crippen molar-refractivity contribution in [3.8, 4) is 0 Å². The number of thiophene rings is 1. The summed E-state index contributed by atoms with van der Waals surface area (Å²) in [5.74, 6) is 0. The number of nitrogens with zero attached hydrogens (tertiary/aromatic N) is 1. The van der Waals surface area contributed by atoms with E-state index in [4.69, 9.17) is 0 Å². The van der Waals surface area contributed by atoms with Crippen molar-refractivity contribution in [3.63, 3.8) is 0 Å². The second kappa shape index (κ2) is 4.88. The summed E-state index contributed by atoms with van der Waals surface area (Å²) in [6.45, 7) is 5.18. The maximum atomic E-state index is 4.31. The minimum Gasteiger partial charge on any atom is -0.306 e. The average molecular weight is 238 g/mol. The smallest absolute Gasteiger partial charge is 0.0798 e. The lowest BCUT2D eigenvalue weighted by atomic mass is 10.1. The quantitative estimate of drug-likeness (QED) is 0.884. The molecular formula is C11H14N2S2. The van der Waals surface area contributed by atoms with Crippen LogP contribution in [0.1, 0.15) is 29.1 Å². The maximum Gasteiger partial charge on any atom is 0.0798 e. The molecule has 0 aliphatic heterocycles. The van der Waals surface area contributed by atoms with E-state index in [2.05, 4.69) is 41.0 Å². The Bertz CT molecular complexity index is 406. The fourth-order valence-electron chi connectivity index (χ4n) is 1.59. The highest BCUT2D eigenvalue weighted by Crippen LogP contribution is 2.28. The lowest BCUT2D eigenvalue weighted by Crippen LogP contribution is -2.21. The van der Waals surface area contributed by atoms with Gasteiger partial charge in [-0.1, -0.05) is 6.92 Å². The van der Waals surface area contributed by atoms with Crippen LogP contribution >= 0.6 is 22.7 Å². The molecule has 0 aliphatic rings. The molecule has 0 spiro atoms. The minimum absolute atomic E-state index is 0.314. The van der Waals surface area contributed by atoms with Crippen LogP contribution < -0.4 is 5.32 Å². The third kappa shape index (κ3) is 2.27. The summed E-state index contributed by atoms with van der Waals surface area (Å²) in [7, 11) is 0. The molecule has 2 rings (SSSR count). The summed E-state index contributed by atoms with van der Waals surface area (Å²) >= 11 is 3.47. The predicted octanol–water partition coefficient (Wildman–Crippen LogP) is 3.21. The first kappa shape index (κ1) is 10.8. The Balaban J connectivity index is 2.32. The molecule has 1 N–H and O–H groups in total. The monoisotopic (exact) mass is 238 g/mol. The Morgan fingerprint density at radius 3 is 2.93 bits per heavy atom. The number of hydrogen-bond acceptors (Lipinski definition) is 4. The SMILES string of the molecule is CCNC(c1ccsc1)c1scnc1C. The molecule has 0 aliphatic carbocycles. The van der Waals surface area contributed by atoms with Crippen LogP contribution in [-0.2, 0) is 0 Å². The molecule has 2 aromatic heterocycles. The number of hydrogen-bond donors (Lipinski definition) is 1. The van der Waals surface area contributed by atoms with E-state index in [0.717, 1.165) is 12.2 Å². The highest BCUT2D eigenvalue weighted by molar-refractivity contribution is 7.10. The Morgan fingerprint density at radius 2 is 2.40 bits per heavy atom. The van der Waals surface area contributed by atoms with Crippen molar-refractivity contribution in [2.45, 2.75) is 19.9 Å². The predicted molar refractivity (Wildman–Crippen MR) is 66.7 cm³/mol. The Hall–Kier alpha value is -0.710. The molecule has 0 bridgehead atoms. The van der Waals surface area contributed by atoms with Crippen LogP contribution in [0.25, 0.3) is 0 Å². The van der Waals surface area contributed by atoms with Gasteiger partial charge in [0, 0.05) is 4.88 Å². The van der Waals surface area contributed by atoms with Gasteiger partial charge in [0.15, 0.2) is 0 Å². The van der Waals surface area contributed by atoms with Crippen molar-refractivity contribution in [1.82, 2.24) is 10.3 Å². The van der Waals surface area contributed by atoms with Crippen molar-refractivity contribution in [2.24, 2.45) is 0 Å². The zero-order valence-corrected chi connectivity index (χ0v) is 10.5. The molecular weight excluding hydrogens is 224 g/mol. The normalized spacial score (nSPS) is 12.9. The summed E-state index contributed by atoms with van der Waals surface area (Å²) in [6, 6.07) is 2.49. The summed E-state index contributed by atoms with van der Waals surface area (Å²) in [5.41, 5.74) is 4.40. The molecule has 0 amide bonds. The number of thiazole rings is 1. The Labute approximate surface area is 98.0 Å². The fraction of sp³-hybridized carbons (Fsp3) is 0.364. The second-order valence-electron chi connectivity index (χ2n) is 3.35. The van der Waals surface area contributed by atoms with Crippen LogP contribution in [0.5, 0.6) is 0 Å². The van der Waals surface area contributed by atoms with E-state index in [0.29, 0.717) is 6.04 Å². The van der Waals surface area contributed by atoms with Gasteiger partial charge in [-0.2, -0.15) is 11.3 Å². The highest BCUT2D eigenvalue weighted by atomic mass is 32.1. The van der Waals surface area contributed by atoms with Crippen LogP contribution in [0.4, 0.5) is 0 Å². The van der Waals surface area contributed by atoms with Gasteiger partial charge in [-0.15, -0.1) is 11.3 Å². The van der Waals surface area contributed by atoms with E-state index in [9.17, 15) is 0 Å². The van der Waals surface area contributed by atoms with E-state index in [1.54, 1.807) is 22.7 Å². The largest absolute Gasteiger partial charge is 0.306 e.